The molecule has 1 saturated carbocycles. The van der Waals surface area contributed by atoms with Crippen LogP contribution in [0.25, 0.3) is 0 Å². The third-order valence-electron chi connectivity index (χ3n) is 6.98. The second-order valence-electron chi connectivity index (χ2n) is 9.05. The number of aryl methyl sites for hydroxylation is 1. The molecule has 2 amide bonds. The van der Waals surface area contributed by atoms with Crippen molar-refractivity contribution in [2.24, 2.45) is 0 Å². The number of carbonyl (C=O) groups is 2. The lowest BCUT2D eigenvalue weighted by Crippen LogP contribution is -2.51. The zero-order chi connectivity index (χ0) is 24.1. The smallest absolute Gasteiger partial charge is 0.296 e. The first-order valence-electron chi connectivity index (χ1n) is 10.8. The molecule has 3 aliphatic rings. The first kappa shape index (κ1) is 22.9. The molecule has 33 heavy (non-hydrogen) atoms. The Morgan fingerprint density at radius 3 is 2.55 bits per heavy atom. The molecular formula is C23H26F2N4O4. The summed E-state index contributed by atoms with van der Waals surface area (Å²) in [4.78, 5) is 44.0. The number of aromatic nitrogens is 2. The van der Waals surface area contributed by atoms with Crippen molar-refractivity contribution in [3.63, 3.8) is 0 Å². The van der Waals surface area contributed by atoms with E-state index in [0.29, 0.717) is 11.1 Å². The Morgan fingerprint density at radius 2 is 1.94 bits per heavy atom. The van der Waals surface area contributed by atoms with Crippen LogP contribution in [0.2, 0.25) is 0 Å². The molecule has 0 atom stereocenters. The molecule has 0 spiro atoms. The van der Waals surface area contributed by atoms with Crippen LogP contribution in [0.3, 0.4) is 0 Å². The molecule has 1 fully saturated rings. The normalized spacial score (nSPS) is 23.5. The van der Waals surface area contributed by atoms with E-state index in [9.17, 15) is 23.9 Å². The summed E-state index contributed by atoms with van der Waals surface area (Å²) >= 11 is 0. The van der Waals surface area contributed by atoms with E-state index in [1.54, 1.807) is 20.0 Å². The van der Waals surface area contributed by atoms with Crippen molar-refractivity contribution < 1.29 is 23.5 Å². The molecule has 1 aliphatic carbocycles. The third kappa shape index (κ3) is 3.77. The van der Waals surface area contributed by atoms with Crippen LogP contribution >= 0.6 is 0 Å². The first-order valence-corrected chi connectivity index (χ1v) is 10.8. The molecule has 0 saturated heterocycles. The Labute approximate surface area is 189 Å². The Balaban J connectivity index is 1.75. The average Bonchev–Trinajstić information content (AvgIpc) is 2.99. The summed E-state index contributed by atoms with van der Waals surface area (Å²) in [5.74, 6) is -2.23. The van der Waals surface area contributed by atoms with E-state index < -0.39 is 34.1 Å². The second-order valence-corrected chi connectivity index (χ2v) is 9.05. The van der Waals surface area contributed by atoms with E-state index in [1.807, 2.05) is 0 Å². The number of aromatic hydroxyl groups is 1. The summed E-state index contributed by atoms with van der Waals surface area (Å²) in [6.45, 7) is 2.69. The van der Waals surface area contributed by atoms with Gasteiger partial charge in [0.25, 0.3) is 11.5 Å². The predicted molar refractivity (Wildman–Crippen MR) is 115 cm³/mol. The number of fused-ring (bicyclic) bond motifs is 2. The molecule has 176 valence electrons. The summed E-state index contributed by atoms with van der Waals surface area (Å²) in [5, 5.41) is 13.1. The minimum Gasteiger partial charge on any atom is -0.501 e. The molecule has 5 rings (SSSR count). The third-order valence-corrected chi connectivity index (χ3v) is 6.98. The molecule has 10 heteroatoms. The SMILES string of the molecule is CC(=O)N(C)C12CCC(F)(CC1)Cn1c2nc(C(=O)NCc2ccc(F)c(C)c2)c(O)c1=O. The van der Waals surface area contributed by atoms with Crippen LogP contribution in [0, 0.1) is 12.7 Å². The van der Waals surface area contributed by atoms with Crippen molar-refractivity contribution in [2.45, 2.75) is 63.8 Å². The van der Waals surface area contributed by atoms with Gasteiger partial charge in [0, 0.05) is 20.5 Å². The van der Waals surface area contributed by atoms with Crippen LogP contribution in [-0.4, -0.2) is 44.1 Å². The number of halogens is 2. The fourth-order valence-electron chi connectivity index (χ4n) is 4.85. The topological polar surface area (TPSA) is 105 Å². The highest BCUT2D eigenvalue weighted by Crippen LogP contribution is 2.49. The summed E-state index contributed by atoms with van der Waals surface area (Å²) in [6.07, 6.45) is 0.735. The zero-order valence-corrected chi connectivity index (χ0v) is 18.7. The van der Waals surface area contributed by atoms with Gasteiger partial charge in [-0.25, -0.2) is 13.8 Å². The maximum atomic E-state index is 15.4. The molecular weight excluding hydrogens is 434 g/mol. The number of hydrogen-bond donors (Lipinski definition) is 2. The second kappa shape index (κ2) is 7.93. The van der Waals surface area contributed by atoms with Gasteiger partial charge >= 0.3 is 0 Å². The van der Waals surface area contributed by atoms with Crippen LogP contribution in [-0.2, 0) is 23.4 Å². The van der Waals surface area contributed by atoms with Gasteiger partial charge in [-0.15, -0.1) is 0 Å². The lowest BCUT2D eigenvalue weighted by atomic mass is 9.75. The number of alkyl halides is 1. The van der Waals surface area contributed by atoms with Crippen LogP contribution in [0.4, 0.5) is 8.78 Å². The number of nitrogens with zero attached hydrogens (tertiary/aromatic N) is 3. The van der Waals surface area contributed by atoms with Crippen LogP contribution in [0.15, 0.2) is 23.0 Å². The highest BCUT2D eigenvalue weighted by Gasteiger charge is 2.53. The average molecular weight is 460 g/mol. The Hall–Kier alpha value is -3.30. The number of amides is 2. The summed E-state index contributed by atoms with van der Waals surface area (Å²) < 4.78 is 29.9. The number of rotatable bonds is 4. The predicted octanol–water partition coefficient (Wildman–Crippen LogP) is 2.30. The summed E-state index contributed by atoms with van der Waals surface area (Å²) in [7, 11) is 1.57. The molecule has 2 N–H and O–H groups in total. The maximum Gasteiger partial charge on any atom is 0.296 e. The monoisotopic (exact) mass is 460 g/mol. The van der Waals surface area contributed by atoms with Gasteiger partial charge in [0.15, 0.2) is 5.69 Å². The lowest BCUT2D eigenvalue weighted by molar-refractivity contribution is -0.136. The van der Waals surface area contributed by atoms with Gasteiger partial charge in [-0.1, -0.05) is 12.1 Å². The standard InChI is InChI=1S/C23H26F2N4O4/c1-13-10-15(4-5-16(13)24)11-26-19(32)17-18(31)20(33)29-12-22(25)6-8-23(9-7-22,21(29)27-17)28(3)14(2)30/h4-5,10,31H,6-9,11-12H2,1-3H3,(H,26,32). The quantitative estimate of drug-likeness (QED) is 0.729. The summed E-state index contributed by atoms with van der Waals surface area (Å²) in [6, 6.07) is 4.37. The summed E-state index contributed by atoms with van der Waals surface area (Å²) in [5.41, 5.74) is -3.09. The van der Waals surface area contributed by atoms with Gasteiger partial charge in [0.05, 0.1) is 6.54 Å². The number of benzene rings is 1. The molecule has 1 aromatic carbocycles. The fraction of sp³-hybridized carbons (Fsp3) is 0.478. The molecule has 2 aromatic rings. The molecule has 2 bridgehead atoms. The van der Waals surface area contributed by atoms with Crippen molar-refractivity contribution >= 4 is 11.8 Å². The minimum atomic E-state index is -1.66. The van der Waals surface area contributed by atoms with E-state index >= 15 is 4.39 Å². The van der Waals surface area contributed by atoms with Gasteiger partial charge < -0.3 is 15.3 Å². The van der Waals surface area contributed by atoms with Gasteiger partial charge in [-0.3, -0.25) is 19.0 Å². The van der Waals surface area contributed by atoms with Gasteiger partial charge in [0.2, 0.25) is 11.7 Å². The van der Waals surface area contributed by atoms with Crippen molar-refractivity contribution in [3.8, 4) is 5.75 Å². The van der Waals surface area contributed by atoms with E-state index in [4.69, 9.17) is 0 Å². The molecule has 8 nitrogen and oxygen atoms in total. The largest absolute Gasteiger partial charge is 0.501 e. The number of carbonyl (C=O) groups excluding carboxylic acids is 2. The lowest BCUT2D eigenvalue weighted by Gasteiger charge is -2.44. The van der Waals surface area contributed by atoms with Crippen molar-refractivity contribution in [2.75, 3.05) is 7.05 Å². The number of hydrogen-bond acceptors (Lipinski definition) is 5. The zero-order valence-electron chi connectivity index (χ0n) is 18.7. The van der Waals surface area contributed by atoms with Crippen LogP contribution in [0.5, 0.6) is 5.75 Å². The minimum absolute atomic E-state index is 0.0194. The van der Waals surface area contributed by atoms with E-state index in [2.05, 4.69) is 10.3 Å². The Bertz CT molecular complexity index is 1200. The molecule has 0 radical (unpaired) electrons. The van der Waals surface area contributed by atoms with Crippen LogP contribution < -0.4 is 10.9 Å². The maximum absolute atomic E-state index is 15.4. The number of nitrogens with one attached hydrogen (secondary N) is 1. The molecule has 3 heterocycles. The highest BCUT2D eigenvalue weighted by molar-refractivity contribution is 5.94. The van der Waals surface area contributed by atoms with Crippen molar-refractivity contribution in [3.05, 3.63) is 57.0 Å². The van der Waals surface area contributed by atoms with E-state index in [-0.39, 0.29) is 56.3 Å². The van der Waals surface area contributed by atoms with Crippen molar-refractivity contribution in [1.29, 1.82) is 0 Å². The Morgan fingerprint density at radius 1 is 1.27 bits per heavy atom. The van der Waals surface area contributed by atoms with Gasteiger partial charge in [0.1, 0.15) is 22.8 Å². The molecule has 0 unspecified atom stereocenters. The fourth-order valence-corrected chi connectivity index (χ4v) is 4.85. The van der Waals surface area contributed by atoms with Crippen LogP contribution in [0.1, 0.15) is 60.0 Å². The highest BCUT2D eigenvalue weighted by atomic mass is 19.1. The first-order chi connectivity index (χ1) is 15.5. The van der Waals surface area contributed by atoms with E-state index in [0.717, 1.165) is 4.57 Å². The molecule has 2 aliphatic heterocycles. The van der Waals surface area contributed by atoms with E-state index in [1.165, 1.54) is 24.0 Å². The van der Waals surface area contributed by atoms with Crippen molar-refractivity contribution in [1.82, 2.24) is 19.8 Å². The molecule has 1 aromatic heterocycles. The Kier molecular flexibility index (Phi) is 5.50. The van der Waals surface area contributed by atoms with Gasteiger partial charge in [-0.05, 0) is 49.8 Å². The van der Waals surface area contributed by atoms with Gasteiger partial charge in [-0.2, -0.15) is 0 Å².